The first-order chi connectivity index (χ1) is 8.72. The van der Waals surface area contributed by atoms with Crippen LogP contribution in [0, 0.1) is 6.92 Å². The molecule has 0 aliphatic carbocycles. The van der Waals surface area contributed by atoms with E-state index in [-0.39, 0.29) is 5.91 Å². The van der Waals surface area contributed by atoms with Crippen LogP contribution in [-0.2, 0) is 0 Å². The second kappa shape index (κ2) is 3.95. The molecule has 2 heterocycles. The number of aryl methyl sites for hydroxylation is 1. The van der Waals surface area contributed by atoms with E-state index in [0.717, 1.165) is 0 Å². The molecule has 0 aliphatic heterocycles. The fraction of sp³-hybridized carbons (Fsp3) is 0.0909. The molecule has 7 heteroatoms. The summed E-state index contributed by atoms with van der Waals surface area (Å²) < 4.78 is 4.87. The lowest BCUT2D eigenvalue weighted by molar-refractivity contribution is 0.102. The van der Waals surface area contributed by atoms with E-state index < -0.39 is 0 Å². The fourth-order valence-corrected chi connectivity index (χ4v) is 1.60. The molecule has 0 bridgehead atoms. The third-order valence-corrected chi connectivity index (χ3v) is 2.45. The average molecular weight is 243 g/mol. The lowest BCUT2D eigenvalue weighted by atomic mass is 10.2. The van der Waals surface area contributed by atoms with Crippen molar-refractivity contribution >= 4 is 22.8 Å². The lowest BCUT2D eigenvalue weighted by Gasteiger charge is -2.00. The normalized spacial score (nSPS) is 10.7. The number of carbonyl (C=O) groups excluding carboxylic acids is 1. The van der Waals surface area contributed by atoms with Gasteiger partial charge in [-0.15, -0.1) is 0 Å². The Kier molecular flexibility index (Phi) is 2.30. The van der Waals surface area contributed by atoms with Crippen LogP contribution in [0.1, 0.15) is 16.1 Å². The van der Waals surface area contributed by atoms with E-state index >= 15 is 0 Å². The maximum atomic E-state index is 11.9. The second-order valence-corrected chi connectivity index (χ2v) is 3.80. The lowest BCUT2D eigenvalue weighted by Crippen LogP contribution is -2.11. The van der Waals surface area contributed by atoms with E-state index in [0.29, 0.717) is 28.2 Å². The maximum absolute atomic E-state index is 11.9. The van der Waals surface area contributed by atoms with Crippen LogP contribution in [0.15, 0.2) is 28.8 Å². The molecule has 0 spiro atoms. The second-order valence-electron chi connectivity index (χ2n) is 3.80. The van der Waals surface area contributed by atoms with Gasteiger partial charge in [0.1, 0.15) is 16.8 Å². The third kappa shape index (κ3) is 1.81. The number of amides is 1. The average Bonchev–Trinajstić information content (AvgIpc) is 2.96. The van der Waals surface area contributed by atoms with Crippen LogP contribution in [0.3, 0.4) is 0 Å². The van der Waals surface area contributed by atoms with E-state index in [9.17, 15) is 4.79 Å². The highest BCUT2D eigenvalue weighted by atomic mass is 16.5. The standard InChI is InChI=1S/C11H9N5O2/c1-6-4-10(15-18-6)12-11(17)7-2-3-8-9(5-7)14-16-13-8/h2-5H,1H3,(H,12,15,17)(H,13,14,16). The Bertz CT molecular complexity index is 715. The van der Waals surface area contributed by atoms with Gasteiger partial charge in [0.25, 0.3) is 5.91 Å². The number of nitrogens with zero attached hydrogens (tertiary/aromatic N) is 3. The molecule has 18 heavy (non-hydrogen) atoms. The molecule has 7 nitrogen and oxygen atoms in total. The number of hydrogen-bond donors (Lipinski definition) is 2. The molecule has 3 rings (SSSR count). The maximum Gasteiger partial charge on any atom is 0.256 e. The number of aromatic nitrogens is 4. The van der Waals surface area contributed by atoms with Gasteiger partial charge in [0, 0.05) is 11.6 Å². The minimum absolute atomic E-state index is 0.270. The summed E-state index contributed by atoms with van der Waals surface area (Å²) in [7, 11) is 0. The largest absolute Gasteiger partial charge is 0.360 e. The van der Waals surface area contributed by atoms with Gasteiger partial charge in [0.2, 0.25) is 0 Å². The van der Waals surface area contributed by atoms with Gasteiger partial charge in [-0.2, -0.15) is 15.4 Å². The monoisotopic (exact) mass is 243 g/mol. The zero-order chi connectivity index (χ0) is 12.5. The van der Waals surface area contributed by atoms with Crippen molar-refractivity contribution in [2.24, 2.45) is 0 Å². The zero-order valence-corrected chi connectivity index (χ0v) is 9.47. The van der Waals surface area contributed by atoms with Crippen LogP contribution in [-0.4, -0.2) is 26.5 Å². The van der Waals surface area contributed by atoms with Crippen molar-refractivity contribution < 1.29 is 9.32 Å². The molecule has 2 N–H and O–H groups in total. The van der Waals surface area contributed by atoms with E-state index in [2.05, 4.69) is 25.9 Å². The van der Waals surface area contributed by atoms with Gasteiger partial charge in [-0.1, -0.05) is 5.16 Å². The predicted molar refractivity (Wildman–Crippen MR) is 63.1 cm³/mol. The number of benzene rings is 1. The molecular formula is C11H9N5O2. The third-order valence-electron chi connectivity index (χ3n) is 2.45. The summed E-state index contributed by atoms with van der Waals surface area (Å²) in [6.07, 6.45) is 0. The highest BCUT2D eigenvalue weighted by Gasteiger charge is 2.10. The number of carbonyl (C=O) groups is 1. The molecule has 90 valence electrons. The minimum atomic E-state index is -0.270. The van der Waals surface area contributed by atoms with E-state index in [4.69, 9.17) is 4.52 Å². The van der Waals surface area contributed by atoms with Crippen LogP contribution < -0.4 is 5.32 Å². The van der Waals surface area contributed by atoms with Crippen molar-refractivity contribution in [2.75, 3.05) is 5.32 Å². The van der Waals surface area contributed by atoms with Crippen molar-refractivity contribution in [3.05, 3.63) is 35.6 Å². The molecule has 2 aromatic heterocycles. The van der Waals surface area contributed by atoms with Crippen molar-refractivity contribution in [1.29, 1.82) is 0 Å². The van der Waals surface area contributed by atoms with Crippen molar-refractivity contribution in [1.82, 2.24) is 20.6 Å². The smallest absolute Gasteiger partial charge is 0.256 e. The first-order valence-electron chi connectivity index (χ1n) is 5.27. The van der Waals surface area contributed by atoms with Gasteiger partial charge >= 0.3 is 0 Å². The Morgan fingerprint density at radius 2 is 2.11 bits per heavy atom. The number of fused-ring (bicyclic) bond motifs is 1. The number of nitrogens with one attached hydrogen (secondary N) is 2. The summed E-state index contributed by atoms with van der Waals surface area (Å²) in [6, 6.07) is 6.70. The van der Waals surface area contributed by atoms with Crippen LogP contribution in [0.5, 0.6) is 0 Å². The summed E-state index contributed by atoms with van der Waals surface area (Å²) in [6.45, 7) is 1.75. The van der Waals surface area contributed by atoms with Crippen LogP contribution >= 0.6 is 0 Å². The number of H-pyrrole nitrogens is 1. The zero-order valence-electron chi connectivity index (χ0n) is 9.47. The Balaban J connectivity index is 1.87. The first kappa shape index (κ1) is 10.5. The molecule has 0 saturated heterocycles. The Morgan fingerprint density at radius 3 is 2.89 bits per heavy atom. The highest BCUT2D eigenvalue weighted by Crippen LogP contribution is 2.13. The topological polar surface area (TPSA) is 96.7 Å². The molecule has 0 aliphatic rings. The molecular weight excluding hydrogens is 234 g/mol. The number of aromatic amines is 1. The molecule has 0 radical (unpaired) electrons. The molecule has 0 saturated carbocycles. The van der Waals surface area contributed by atoms with Crippen LogP contribution in [0.4, 0.5) is 5.82 Å². The first-order valence-corrected chi connectivity index (χ1v) is 5.27. The molecule has 1 aromatic carbocycles. The van der Waals surface area contributed by atoms with Crippen LogP contribution in [0.2, 0.25) is 0 Å². The molecule has 0 unspecified atom stereocenters. The van der Waals surface area contributed by atoms with Gasteiger partial charge < -0.3 is 9.84 Å². The van der Waals surface area contributed by atoms with Crippen molar-refractivity contribution in [3.8, 4) is 0 Å². The van der Waals surface area contributed by atoms with Gasteiger partial charge in [-0.05, 0) is 25.1 Å². The highest BCUT2D eigenvalue weighted by molar-refractivity contribution is 6.05. The number of hydrogen-bond acceptors (Lipinski definition) is 5. The van der Waals surface area contributed by atoms with Gasteiger partial charge in [0.15, 0.2) is 5.82 Å². The van der Waals surface area contributed by atoms with E-state index in [1.54, 1.807) is 31.2 Å². The van der Waals surface area contributed by atoms with Crippen molar-refractivity contribution in [2.45, 2.75) is 6.92 Å². The Morgan fingerprint density at radius 1 is 1.28 bits per heavy atom. The van der Waals surface area contributed by atoms with Gasteiger partial charge in [0.05, 0.1) is 0 Å². The molecule has 0 fully saturated rings. The summed E-state index contributed by atoms with van der Waals surface area (Å²) in [5, 5.41) is 16.7. The summed E-state index contributed by atoms with van der Waals surface area (Å²) in [5.41, 5.74) is 1.83. The van der Waals surface area contributed by atoms with Crippen LogP contribution in [0.25, 0.3) is 11.0 Å². The van der Waals surface area contributed by atoms with Gasteiger partial charge in [-0.3, -0.25) is 4.79 Å². The number of anilines is 1. The minimum Gasteiger partial charge on any atom is -0.360 e. The number of rotatable bonds is 2. The van der Waals surface area contributed by atoms with E-state index in [1.165, 1.54) is 0 Å². The Labute approximate surface area is 101 Å². The molecule has 1 amide bonds. The summed E-state index contributed by atoms with van der Waals surface area (Å²) in [4.78, 5) is 11.9. The Hall–Kier alpha value is -2.70. The summed E-state index contributed by atoms with van der Waals surface area (Å²) >= 11 is 0. The van der Waals surface area contributed by atoms with Gasteiger partial charge in [-0.25, -0.2) is 0 Å². The molecule has 3 aromatic rings. The predicted octanol–water partition coefficient (Wildman–Crippen LogP) is 1.51. The summed E-state index contributed by atoms with van der Waals surface area (Å²) in [5.74, 6) is 0.753. The van der Waals surface area contributed by atoms with Crippen molar-refractivity contribution in [3.63, 3.8) is 0 Å². The SMILES string of the molecule is Cc1cc(NC(=O)c2ccc3n[nH]nc3c2)no1. The quantitative estimate of drug-likeness (QED) is 0.711. The van der Waals surface area contributed by atoms with E-state index in [1.807, 2.05) is 0 Å². The molecule has 0 atom stereocenters. The fourth-order valence-electron chi connectivity index (χ4n) is 1.60.